The minimum atomic E-state index is -0.272. The molecule has 2 nitrogen and oxygen atoms in total. The fourth-order valence-corrected chi connectivity index (χ4v) is 2.22. The van der Waals surface area contributed by atoms with Crippen LogP contribution in [0.2, 0.25) is 5.02 Å². The number of hydrogen-bond acceptors (Lipinski definition) is 2. The fourth-order valence-electron chi connectivity index (χ4n) is 2.02. The van der Waals surface area contributed by atoms with Crippen LogP contribution >= 0.6 is 11.6 Å². The standard InChI is InChI=1S/C15H16ClFN2/c1-10-5-6-19-15(7-10)14(18-2)9-11-8-12(17)3-4-13(11)16/h3-8,14,18H,9H2,1-2H3. The third kappa shape index (κ3) is 3.52. The molecule has 0 spiro atoms. The summed E-state index contributed by atoms with van der Waals surface area (Å²) in [6.45, 7) is 2.02. The van der Waals surface area contributed by atoms with E-state index in [9.17, 15) is 4.39 Å². The third-order valence-electron chi connectivity index (χ3n) is 3.07. The second kappa shape index (κ2) is 6.13. The van der Waals surface area contributed by atoms with E-state index in [0.29, 0.717) is 11.4 Å². The first-order valence-corrected chi connectivity index (χ1v) is 6.51. The van der Waals surface area contributed by atoms with Crippen molar-refractivity contribution in [3.8, 4) is 0 Å². The van der Waals surface area contributed by atoms with Gasteiger partial charge in [0.15, 0.2) is 0 Å². The number of aromatic nitrogens is 1. The van der Waals surface area contributed by atoms with Crippen molar-refractivity contribution in [1.82, 2.24) is 10.3 Å². The van der Waals surface area contributed by atoms with Gasteiger partial charge < -0.3 is 5.32 Å². The highest BCUT2D eigenvalue weighted by molar-refractivity contribution is 6.31. The SMILES string of the molecule is CNC(Cc1cc(F)ccc1Cl)c1cc(C)ccn1. The molecule has 0 aliphatic rings. The van der Waals surface area contributed by atoms with Gasteiger partial charge in [0.25, 0.3) is 0 Å². The summed E-state index contributed by atoms with van der Waals surface area (Å²) in [5, 5.41) is 3.78. The summed E-state index contributed by atoms with van der Waals surface area (Å²) < 4.78 is 13.3. The van der Waals surface area contributed by atoms with E-state index in [1.54, 1.807) is 12.3 Å². The van der Waals surface area contributed by atoms with E-state index in [4.69, 9.17) is 11.6 Å². The topological polar surface area (TPSA) is 24.9 Å². The lowest BCUT2D eigenvalue weighted by molar-refractivity contribution is 0.570. The van der Waals surface area contributed by atoms with Crippen molar-refractivity contribution in [3.05, 3.63) is 64.2 Å². The Morgan fingerprint density at radius 1 is 1.32 bits per heavy atom. The molecule has 0 bridgehead atoms. The molecule has 0 fully saturated rings. The number of nitrogens with one attached hydrogen (secondary N) is 1. The van der Waals surface area contributed by atoms with Crippen molar-refractivity contribution in [2.75, 3.05) is 7.05 Å². The van der Waals surface area contributed by atoms with Gasteiger partial charge in [-0.05, 0) is 61.9 Å². The molecule has 4 heteroatoms. The van der Waals surface area contributed by atoms with Crippen LogP contribution in [0.15, 0.2) is 36.5 Å². The van der Waals surface area contributed by atoms with Crippen molar-refractivity contribution in [2.24, 2.45) is 0 Å². The number of nitrogens with zero attached hydrogens (tertiary/aromatic N) is 1. The molecule has 1 aromatic heterocycles. The lowest BCUT2D eigenvalue weighted by Crippen LogP contribution is -2.20. The summed E-state index contributed by atoms with van der Waals surface area (Å²) in [4.78, 5) is 4.36. The molecule has 0 radical (unpaired) electrons. The number of pyridine rings is 1. The summed E-state index contributed by atoms with van der Waals surface area (Å²) in [6, 6.07) is 8.41. The second-order valence-electron chi connectivity index (χ2n) is 4.54. The predicted octanol–water partition coefficient (Wildman–Crippen LogP) is 3.69. The molecule has 100 valence electrons. The molecular weight excluding hydrogens is 263 g/mol. The number of benzene rings is 1. The first-order chi connectivity index (χ1) is 9.10. The van der Waals surface area contributed by atoms with Gasteiger partial charge in [-0.3, -0.25) is 4.98 Å². The Bertz CT molecular complexity index is 572. The minimum absolute atomic E-state index is 0.0131. The monoisotopic (exact) mass is 278 g/mol. The Balaban J connectivity index is 2.26. The maximum Gasteiger partial charge on any atom is 0.123 e. The van der Waals surface area contributed by atoms with Crippen LogP contribution in [-0.2, 0) is 6.42 Å². The largest absolute Gasteiger partial charge is 0.311 e. The van der Waals surface area contributed by atoms with Crippen LogP contribution in [0.5, 0.6) is 0 Å². The van der Waals surface area contributed by atoms with Crippen LogP contribution in [0.4, 0.5) is 4.39 Å². The second-order valence-corrected chi connectivity index (χ2v) is 4.95. The van der Waals surface area contributed by atoms with Crippen LogP contribution in [-0.4, -0.2) is 12.0 Å². The van der Waals surface area contributed by atoms with Gasteiger partial charge in [0.05, 0.1) is 11.7 Å². The molecule has 2 aromatic rings. The van der Waals surface area contributed by atoms with Crippen LogP contribution < -0.4 is 5.32 Å². The highest BCUT2D eigenvalue weighted by Gasteiger charge is 2.14. The fraction of sp³-hybridized carbons (Fsp3) is 0.267. The van der Waals surface area contributed by atoms with Crippen LogP contribution in [0, 0.1) is 12.7 Å². The maximum absolute atomic E-state index is 13.3. The van der Waals surface area contributed by atoms with E-state index in [-0.39, 0.29) is 11.9 Å². The van der Waals surface area contributed by atoms with Gasteiger partial charge in [0.1, 0.15) is 5.82 Å². The number of aryl methyl sites for hydroxylation is 1. The Kier molecular flexibility index (Phi) is 4.51. The summed E-state index contributed by atoms with van der Waals surface area (Å²) in [6.07, 6.45) is 2.38. The molecule has 0 saturated carbocycles. The Labute approximate surface area is 117 Å². The molecule has 0 saturated heterocycles. The number of halogens is 2. The average Bonchev–Trinajstić information content (AvgIpc) is 2.39. The van der Waals surface area contributed by atoms with E-state index >= 15 is 0 Å². The summed E-state index contributed by atoms with van der Waals surface area (Å²) >= 11 is 6.10. The summed E-state index contributed by atoms with van der Waals surface area (Å²) in [5.41, 5.74) is 2.86. The first kappa shape index (κ1) is 14.0. The summed E-state index contributed by atoms with van der Waals surface area (Å²) in [5.74, 6) is -0.272. The molecule has 1 N–H and O–H groups in total. The number of hydrogen-bond donors (Lipinski definition) is 1. The van der Waals surface area contributed by atoms with Crippen molar-refractivity contribution >= 4 is 11.6 Å². The Morgan fingerprint density at radius 2 is 2.11 bits per heavy atom. The normalized spacial score (nSPS) is 12.4. The van der Waals surface area contributed by atoms with E-state index in [2.05, 4.69) is 10.3 Å². The highest BCUT2D eigenvalue weighted by atomic mass is 35.5. The molecule has 19 heavy (non-hydrogen) atoms. The van der Waals surface area contributed by atoms with Crippen molar-refractivity contribution in [1.29, 1.82) is 0 Å². The van der Waals surface area contributed by atoms with Gasteiger partial charge in [-0.15, -0.1) is 0 Å². The molecule has 0 aliphatic heterocycles. The number of rotatable bonds is 4. The number of likely N-dealkylation sites (N-methyl/N-ethyl adjacent to an activating group) is 1. The van der Waals surface area contributed by atoms with E-state index in [1.165, 1.54) is 12.1 Å². The van der Waals surface area contributed by atoms with E-state index < -0.39 is 0 Å². The van der Waals surface area contributed by atoms with Gasteiger partial charge in [-0.25, -0.2) is 4.39 Å². The zero-order chi connectivity index (χ0) is 13.8. The maximum atomic E-state index is 13.3. The van der Waals surface area contributed by atoms with Gasteiger partial charge in [-0.1, -0.05) is 11.6 Å². The van der Waals surface area contributed by atoms with Gasteiger partial charge in [0, 0.05) is 11.2 Å². The molecule has 0 aliphatic carbocycles. The van der Waals surface area contributed by atoms with Gasteiger partial charge in [-0.2, -0.15) is 0 Å². The third-order valence-corrected chi connectivity index (χ3v) is 3.44. The lowest BCUT2D eigenvalue weighted by atomic mass is 10.0. The molecule has 1 atom stereocenters. The average molecular weight is 279 g/mol. The van der Waals surface area contributed by atoms with Crippen LogP contribution in [0.3, 0.4) is 0 Å². The molecule has 2 rings (SSSR count). The van der Waals surface area contributed by atoms with Crippen LogP contribution in [0.1, 0.15) is 22.9 Å². The van der Waals surface area contributed by atoms with Crippen LogP contribution in [0.25, 0.3) is 0 Å². The highest BCUT2D eigenvalue weighted by Crippen LogP contribution is 2.23. The Hall–Kier alpha value is -1.45. The zero-order valence-electron chi connectivity index (χ0n) is 11.0. The molecule has 0 amide bonds. The Morgan fingerprint density at radius 3 is 2.79 bits per heavy atom. The van der Waals surface area contributed by atoms with E-state index in [0.717, 1.165) is 16.8 Å². The minimum Gasteiger partial charge on any atom is -0.311 e. The van der Waals surface area contributed by atoms with Crippen molar-refractivity contribution < 1.29 is 4.39 Å². The lowest BCUT2D eigenvalue weighted by Gasteiger charge is -2.17. The van der Waals surface area contributed by atoms with Gasteiger partial charge in [0.2, 0.25) is 0 Å². The van der Waals surface area contributed by atoms with Gasteiger partial charge >= 0.3 is 0 Å². The predicted molar refractivity (Wildman–Crippen MR) is 75.9 cm³/mol. The molecule has 1 heterocycles. The van der Waals surface area contributed by atoms with Crippen molar-refractivity contribution in [3.63, 3.8) is 0 Å². The quantitative estimate of drug-likeness (QED) is 0.923. The van der Waals surface area contributed by atoms with Crippen molar-refractivity contribution in [2.45, 2.75) is 19.4 Å². The molecule has 1 unspecified atom stereocenters. The molecule has 1 aromatic carbocycles. The zero-order valence-corrected chi connectivity index (χ0v) is 11.7. The first-order valence-electron chi connectivity index (χ1n) is 6.14. The smallest absolute Gasteiger partial charge is 0.123 e. The van der Waals surface area contributed by atoms with E-state index in [1.807, 2.05) is 26.1 Å². The summed E-state index contributed by atoms with van der Waals surface area (Å²) in [7, 11) is 1.86. The molecular formula is C15H16ClFN2.